The number of aliphatic imine (C=N–C) groups is 1. The van der Waals surface area contributed by atoms with Crippen LogP contribution in [0, 0.1) is 6.92 Å². The highest BCUT2D eigenvalue weighted by Crippen LogP contribution is 2.16. The number of aromatic nitrogens is 4. The summed E-state index contributed by atoms with van der Waals surface area (Å²) in [6, 6.07) is 10.2. The Morgan fingerprint density at radius 3 is 2.70 bits per heavy atom. The lowest BCUT2D eigenvalue weighted by atomic mass is 10.2. The minimum Gasteiger partial charge on any atom is -0.354 e. The van der Waals surface area contributed by atoms with Gasteiger partial charge in [-0.1, -0.05) is 30.3 Å². The number of nitrogens with one attached hydrogen (secondary N) is 2. The molecule has 0 unspecified atom stereocenters. The summed E-state index contributed by atoms with van der Waals surface area (Å²) in [6.45, 7) is 4.23. The molecule has 0 aliphatic heterocycles. The van der Waals surface area contributed by atoms with Crippen LogP contribution in [0.4, 0.5) is 0 Å². The molecule has 8 heteroatoms. The number of rotatable bonds is 6. The smallest absolute Gasteiger partial charge is 0.193 e. The zero-order valence-corrected chi connectivity index (χ0v) is 18.2. The molecule has 3 aromatic rings. The normalized spacial score (nSPS) is 11.1. The van der Waals surface area contributed by atoms with E-state index in [4.69, 9.17) is 0 Å². The Morgan fingerprint density at radius 2 is 2.04 bits per heavy atom. The molecule has 27 heavy (non-hydrogen) atoms. The van der Waals surface area contributed by atoms with Crippen LogP contribution in [0.15, 0.2) is 53.9 Å². The summed E-state index contributed by atoms with van der Waals surface area (Å²) in [6.07, 6.45) is 5.76. The van der Waals surface area contributed by atoms with Crippen molar-refractivity contribution in [3.05, 3.63) is 60.3 Å². The molecule has 1 aromatic carbocycles. The lowest BCUT2D eigenvalue weighted by molar-refractivity contribution is 0.459. The molecule has 2 N–H and O–H groups in total. The first kappa shape index (κ1) is 20.9. The third kappa shape index (κ3) is 5.81. The van der Waals surface area contributed by atoms with Gasteiger partial charge in [-0.05, 0) is 18.1 Å². The van der Waals surface area contributed by atoms with E-state index in [0.29, 0.717) is 6.54 Å². The molecular formula is C19H26IN7. The van der Waals surface area contributed by atoms with Gasteiger partial charge in [0.2, 0.25) is 0 Å². The van der Waals surface area contributed by atoms with Crippen molar-refractivity contribution in [2.24, 2.45) is 4.99 Å². The van der Waals surface area contributed by atoms with E-state index in [1.54, 1.807) is 7.05 Å². The van der Waals surface area contributed by atoms with E-state index in [1.165, 1.54) is 5.56 Å². The topological polar surface area (TPSA) is 74.1 Å². The van der Waals surface area contributed by atoms with E-state index in [1.807, 2.05) is 60.3 Å². The van der Waals surface area contributed by atoms with Crippen LogP contribution in [0.5, 0.6) is 0 Å². The first-order chi connectivity index (χ1) is 12.7. The number of nitrogens with zero attached hydrogens (tertiary/aromatic N) is 5. The summed E-state index contributed by atoms with van der Waals surface area (Å²) >= 11 is 0. The van der Waals surface area contributed by atoms with E-state index in [0.717, 1.165) is 36.1 Å². The lowest BCUT2D eigenvalue weighted by Crippen LogP contribution is -2.40. The highest BCUT2D eigenvalue weighted by atomic mass is 127. The first-order valence-electron chi connectivity index (χ1n) is 8.66. The molecule has 3 rings (SSSR count). The Balaban J connectivity index is 0.00000261. The van der Waals surface area contributed by atoms with Crippen molar-refractivity contribution in [2.45, 2.75) is 20.0 Å². The van der Waals surface area contributed by atoms with Crippen LogP contribution in [-0.4, -0.2) is 51.2 Å². The van der Waals surface area contributed by atoms with Gasteiger partial charge in [0.1, 0.15) is 5.82 Å². The maximum Gasteiger partial charge on any atom is 0.193 e. The van der Waals surface area contributed by atoms with Gasteiger partial charge in [0.05, 0.1) is 31.2 Å². The quantitative estimate of drug-likeness (QED) is 0.324. The number of aromatic amines is 1. The SMILES string of the molecule is CN=C(NCCn1cc(C)cn1)N(C)Cc1ncc(-c2ccccc2)[nH]1.I. The van der Waals surface area contributed by atoms with Crippen molar-refractivity contribution >= 4 is 29.9 Å². The Labute approximate surface area is 176 Å². The zero-order valence-electron chi connectivity index (χ0n) is 15.9. The standard InChI is InChI=1S/C19H25N7.HI/c1-15-11-23-26(13-15)10-9-21-19(20-2)25(3)14-18-22-12-17(24-18)16-7-5-4-6-8-16;/h4-8,11-13H,9-10,14H2,1-3H3,(H,20,21)(H,22,24);1H. The van der Waals surface area contributed by atoms with Crippen molar-refractivity contribution in [2.75, 3.05) is 20.6 Å². The minimum atomic E-state index is 0. The molecule has 7 nitrogen and oxygen atoms in total. The predicted octanol–water partition coefficient (Wildman–Crippen LogP) is 2.91. The van der Waals surface area contributed by atoms with Crippen molar-refractivity contribution in [1.29, 1.82) is 0 Å². The summed E-state index contributed by atoms with van der Waals surface area (Å²) in [5, 5.41) is 7.65. The van der Waals surface area contributed by atoms with E-state index >= 15 is 0 Å². The second kappa shape index (κ2) is 10.1. The van der Waals surface area contributed by atoms with Crippen LogP contribution >= 0.6 is 24.0 Å². The number of benzene rings is 1. The van der Waals surface area contributed by atoms with Gasteiger partial charge in [0.25, 0.3) is 0 Å². The van der Waals surface area contributed by atoms with Crippen molar-refractivity contribution in [3.8, 4) is 11.3 Å². The minimum absolute atomic E-state index is 0. The summed E-state index contributed by atoms with van der Waals surface area (Å²) < 4.78 is 1.92. The Kier molecular flexibility index (Phi) is 7.83. The summed E-state index contributed by atoms with van der Waals surface area (Å²) in [5.74, 6) is 1.73. The highest BCUT2D eigenvalue weighted by molar-refractivity contribution is 14.0. The molecule has 0 aliphatic rings. The van der Waals surface area contributed by atoms with Crippen LogP contribution in [0.3, 0.4) is 0 Å². The fourth-order valence-electron chi connectivity index (χ4n) is 2.76. The molecular weight excluding hydrogens is 453 g/mol. The molecule has 2 aromatic heterocycles. The monoisotopic (exact) mass is 479 g/mol. The number of hydrogen-bond donors (Lipinski definition) is 2. The van der Waals surface area contributed by atoms with Crippen LogP contribution in [0.1, 0.15) is 11.4 Å². The van der Waals surface area contributed by atoms with E-state index in [2.05, 4.69) is 37.5 Å². The molecule has 0 spiro atoms. The zero-order chi connectivity index (χ0) is 18.4. The van der Waals surface area contributed by atoms with E-state index < -0.39 is 0 Å². The molecule has 0 aliphatic carbocycles. The average molecular weight is 479 g/mol. The fourth-order valence-corrected chi connectivity index (χ4v) is 2.76. The molecule has 144 valence electrons. The number of guanidine groups is 1. The molecule has 0 fully saturated rings. The first-order valence-corrected chi connectivity index (χ1v) is 8.66. The maximum absolute atomic E-state index is 4.49. The van der Waals surface area contributed by atoms with Crippen LogP contribution in [0.2, 0.25) is 0 Å². The van der Waals surface area contributed by atoms with Gasteiger partial charge in [-0.2, -0.15) is 5.10 Å². The van der Waals surface area contributed by atoms with Gasteiger partial charge in [-0.25, -0.2) is 4.98 Å². The van der Waals surface area contributed by atoms with Crippen LogP contribution < -0.4 is 5.32 Å². The predicted molar refractivity (Wildman–Crippen MR) is 119 cm³/mol. The summed E-state index contributed by atoms with van der Waals surface area (Å²) in [4.78, 5) is 14.2. The molecule has 0 bridgehead atoms. The number of H-pyrrole nitrogens is 1. The van der Waals surface area contributed by atoms with Crippen molar-refractivity contribution in [1.82, 2.24) is 30.0 Å². The highest BCUT2D eigenvalue weighted by Gasteiger charge is 2.09. The van der Waals surface area contributed by atoms with Gasteiger partial charge in [0.15, 0.2) is 5.96 Å². The van der Waals surface area contributed by atoms with Gasteiger partial charge in [-0.15, -0.1) is 24.0 Å². The lowest BCUT2D eigenvalue weighted by Gasteiger charge is -2.21. The fraction of sp³-hybridized carbons (Fsp3) is 0.316. The molecule has 0 saturated carbocycles. The molecule has 0 amide bonds. The Hall–Kier alpha value is -2.36. The summed E-state index contributed by atoms with van der Waals surface area (Å²) in [5.41, 5.74) is 3.32. The van der Waals surface area contributed by atoms with Crippen molar-refractivity contribution in [3.63, 3.8) is 0 Å². The maximum atomic E-state index is 4.49. The third-order valence-corrected chi connectivity index (χ3v) is 4.06. The van der Waals surface area contributed by atoms with Crippen LogP contribution in [0.25, 0.3) is 11.3 Å². The largest absolute Gasteiger partial charge is 0.354 e. The van der Waals surface area contributed by atoms with E-state index in [9.17, 15) is 0 Å². The average Bonchev–Trinajstić information content (AvgIpc) is 3.28. The molecule has 0 saturated heterocycles. The number of aryl methyl sites for hydroxylation is 1. The Bertz CT molecular complexity index is 854. The van der Waals surface area contributed by atoms with E-state index in [-0.39, 0.29) is 24.0 Å². The molecule has 0 atom stereocenters. The van der Waals surface area contributed by atoms with Gasteiger partial charge in [-0.3, -0.25) is 9.67 Å². The molecule has 0 radical (unpaired) electrons. The number of imidazole rings is 1. The van der Waals surface area contributed by atoms with Gasteiger partial charge < -0.3 is 15.2 Å². The second-order valence-corrected chi connectivity index (χ2v) is 6.22. The number of hydrogen-bond acceptors (Lipinski definition) is 3. The number of halogens is 1. The van der Waals surface area contributed by atoms with Gasteiger partial charge in [0, 0.05) is 26.8 Å². The van der Waals surface area contributed by atoms with Crippen LogP contribution in [-0.2, 0) is 13.1 Å². The second-order valence-electron chi connectivity index (χ2n) is 6.22. The Morgan fingerprint density at radius 1 is 1.26 bits per heavy atom. The van der Waals surface area contributed by atoms with Crippen molar-refractivity contribution < 1.29 is 0 Å². The molecule has 2 heterocycles. The summed E-state index contributed by atoms with van der Waals surface area (Å²) in [7, 11) is 3.78. The van der Waals surface area contributed by atoms with Gasteiger partial charge >= 0.3 is 0 Å². The third-order valence-electron chi connectivity index (χ3n) is 4.06.